The molecule has 1 unspecified atom stereocenters. The Morgan fingerprint density at radius 1 is 1.09 bits per heavy atom. The summed E-state index contributed by atoms with van der Waals surface area (Å²) in [4.78, 5) is 41.7. The van der Waals surface area contributed by atoms with Crippen molar-refractivity contribution in [3.05, 3.63) is 64.7 Å². The summed E-state index contributed by atoms with van der Waals surface area (Å²) in [7, 11) is 0. The Kier molecular flexibility index (Phi) is 6.63. The van der Waals surface area contributed by atoms with Gasteiger partial charge in [0.15, 0.2) is 0 Å². The van der Waals surface area contributed by atoms with Gasteiger partial charge in [-0.25, -0.2) is 0 Å². The van der Waals surface area contributed by atoms with Gasteiger partial charge in [0.25, 0.3) is 5.91 Å². The fraction of sp³-hybridized carbons (Fsp3) is 0.400. The normalized spacial score (nSPS) is 18.5. The number of amides is 3. The third-order valence-corrected chi connectivity index (χ3v) is 6.35. The summed E-state index contributed by atoms with van der Waals surface area (Å²) in [6.07, 6.45) is -2.60. The number of nitrogens with zero attached hydrogens (tertiary/aromatic N) is 2. The molecule has 0 spiro atoms. The average Bonchev–Trinajstić information content (AvgIpc) is 3.44. The maximum absolute atomic E-state index is 13.0. The largest absolute Gasteiger partial charge is 0.416 e. The lowest BCUT2D eigenvalue weighted by molar-refractivity contribution is -0.137. The van der Waals surface area contributed by atoms with E-state index in [0.717, 1.165) is 30.5 Å². The molecule has 2 aromatic carbocycles. The molecule has 0 aromatic heterocycles. The molecule has 0 bridgehead atoms. The molecule has 2 heterocycles. The number of hydrogen-bond acceptors (Lipinski definition) is 3. The van der Waals surface area contributed by atoms with E-state index in [4.69, 9.17) is 0 Å². The molecule has 6 nitrogen and oxygen atoms in total. The zero-order valence-corrected chi connectivity index (χ0v) is 18.8. The van der Waals surface area contributed by atoms with Gasteiger partial charge in [-0.05, 0) is 49.1 Å². The van der Waals surface area contributed by atoms with Crippen LogP contribution in [0, 0.1) is 12.8 Å². The summed E-state index contributed by atoms with van der Waals surface area (Å²) in [6.45, 7) is 3.27. The van der Waals surface area contributed by atoms with Gasteiger partial charge in [0.1, 0.15) is 0 Å². The molecular formula is C25H26F3N3O3. The number of likely N-dealkylation sites (tertiary alicyclic amines) is 2. The van der Waals surface area contributed by atoms with Crippen molar-refractivity contribution in [1.82, 2.24) is 9.80 Å². The highest BCUT2D eigenvalue weighted by Crippen LogP contribution is 2.31. The Morgan fingerprint density at radius 3 is 2.50 bits per heavy atom. The van der Waals surface area contributed by atoms with E-state index in [9.17, 15) is 27.6 Å². The van der Waals surface area contributed by atoms with Crippen LogP contribution in [0.25, 0.3) is 0 Å². The summed E-state index contributed by atoms with van der Waals surface area (Å²) in [5.41, 5.74) is 1.18. The second-order valence-corrected chi connectivity index (χ2v) is 8.86. The van der Waals surface area contributed by atoms with E-state index in [-0.39, 0.29) is 37.2 Å². The van der Waals surface area contributed by atoms with Gasteiger partial charge in [-0.1, -0.05) is 24.3 Å². The van der Waals surface area contributed by atoms with Crippen LogP contribution in [0.5, 0.6) is 0 Å². The van der Waals surface area contributed by atoms with E-state index in [1.165, 1.54) is 17.0 Å². The van der Waals surface area contributed by atoms with Crippen LogP contribution in [-0.2, 0) is 22.3 Å². The molecule has 0 saturated carbocycles. The summed E-state index contributed by atoms with van der Waals surface area (Å²) < 4.78 is 39.0. The number of halogens is 3. The summed E-state index contributed by atoms with van der Waals surface area (Å²) in [5, 5.41) is 2.82. The zero-order chi connectivity index (χ0) is 24.5. The van der Waals surface area contributed by atoms with Crippen molar-refractivity contribution < 1.29 is 27.6 Å². The maximum atomic E-state index is 13.0. The molecule has 2 saturated heterocycles. The highest BCUT2D eigenvalue weighted by Gasteiger charge is 2.36. The molecule has 9 heteroatoms. The van der Waals surface area contributed by atoms with Crippen LogP contribution in [0.4, 0.5) is 18.9 Å². The molecule has 2 aromatic rings. The van der Waals surface area contributed by atoms with Crippen molar-refractivity contribution >= 4 is 23.4 Å². The summed E-state index contributed by atoms with van der Waals surface area (Å²) in [6, 6.07) is 10.1. The van der Waals surface area contributed by atoms with E-state index in [0.29, 0.717) is 29.9 Å². The van der Waals surface area contributed by atoms with E-state index < -0.39 is 17.7 Å². The molecule has 180 valence electrons. The average molecular weight is 473 g/mol. The molecule has 2 aliphatic heterocycles. The molecule has 0 radical (unpaired) electrons. The minimum atomic E-state index is -4.47. The van der Waals surface area contributed by atoms with Gasteiger partial charge in [-0.2, -0.15) is 13.2 Å². The smallest absolute Gasteiger partial charge is 0.339 e. The molecule has 2 aliphatic rings. The van der Waals surface area contributed by atoms with Gasteiger partial charge in [0.05, 0.1) is 22.7 Å². The van der Waals surface area contributed by atoms with E-state index in [2.05, 4.69) is 5.32 Å². The first kappa shape index (κ1) is 23.8. The molecular weight excluding hydrogens is 447 g/mol. The minimum absolute atomic E-state index is 0.00429. The van der Waals surface area contributed by atoms with E-state index >= 15 is 0 Å². The third-order valence-electron chi connectivity index (χ3n) is 6.35. The van der Waals surface area contributed by atoms with Gasteiger partial charge >= 0.3 is 6.18 Å². The monoisotopic (exact) mass is 473 g/mol. The van der Waals surface area contributed by atoms with Crippen LogP contribution >= 0.6 is 0 Å². The number of anilines is 1. The molecule has 1 N–H and O–H groups in total. The number of benzene rings is 2. The van der Waals surface area contributed by atoms with Crippen molar-refractivity contribution in [2.75, 3.05) is 25.0 Å². The predicted octanol–water partition coefficient (Wildman–Crippen LogP) is 4.24. The standard InChI is InChI=1S/C25H26F3N3O3/c1-16-6-4-9-20(22(16)24(34)30-10-2-3-11-30)29-23(33)18-13-21(32)31(15-18)14-17-7-5-8-19(12-17)25(26,27)28/h4-9,12,18H,2-3,10-11,13-15H2,1H3,(H,29,33). The minimum Gasteiger partial charge on any atom is -0.339 e. The number of nitrogens with one attached hydrogen (secondary N) is 1. The van der Waals surface area contributed by atoms with Gasteiger partial charge in [0.2, 0.25) is 11.8 Å². The van der Waals surface area contributed by atoms with Crippen LogP contribution in [0.15, 0.2) is 42.5 Å². The number of rotatable bonds is 5. The van der Waals surface area contributed by atoms with Crippen molar-refractivity contribution in [2.45, 2.75) is 38.9 Å². The first-order valence-electron chi connectivity index (χ1n) is 11.3. The Bertz CT molecular complexity index is 1110. The van der Waals surface area contributed by atoms with Crippen molar-refractivity contribution in [2.24, 2.45) is 5.92 Å². The fourth-order valence-corrected chi connectivity index (χ4v) is 4.54. The quantitative estimate of drug-likeness (QED) is 0.707. The molecule has 1 atom stereocenters. The van der Waals surface area contributed by atoms with Crippen LogP contribution in [0.3, 0.4) is 0 Å². The van der Waals surface area contributed by atoms with Gasteiger partial charge in [-0.3, -0.25) is 14.4 Å². The predicted molar refractivity (Wildman–Crippen MR) is 120 cm³/mol. The number of aryl methyl sites for hydroxylation is 1. The summed E-state index contributed by atoms with van der Waals surface area (Å²) >= 11 is 0. The fourth-order valence-electron chi connectivity index (χ4n) is 4.54. The zero-order valence-electron chi connectivity index (χ0n) is 18.8. The number of carbonyl (C=O) groups excluding carboxylic acids is 3. The molecule has 0 aliphatic carbocycles. The number of carbonyl (C=O) groups is 3. The van der Waals surface area contributed by atoms with Crippen molar-refractivity contribution in [1.29, 1.82) is 0 Å². The molecule has 2 fully saturated rings. The highest BCUT2D eigenvalue weighted by molar-refractivity contribution is 6.06. The highest BCUT2D eigenvalue weighted by atomic mass is 19.4. The lowest BCUT2D eigenvalue weighted by Gasteiger charge is -2.21. The van der Waals surface area contributed by atoms with Crippen LogP contribution in [0.2, 0.25) is 0 Å². The Balaban J connectivity index is 1.45. The van der Waals surface area contributed by atoms with Crippen LogP contribution in [-0.4, -0.2) is 47.2 Å². The van der Waals surface area contributed by atoms with E-state index in [1.807, 2.05) is 13.0 Å². The molecule has 34 heavy (non-hydrogen) atoms. The van der Waals surface area contributed by atoms with Crippen molar-refractivity contribution in [3.63, 3.8) is 0 Å². The van der Waals surface area contributed by atoms with Crippen LogP contribution < -0.4 is 5.32 Å². The first-order chi connectivity index (χ1) is 16.1. The van der Waals surface area contributed by atoms with Crippen molar-refractivity contribution in [3.8, 4) is 0 Å². The Labute approximate surface area is 195 Å². The third kappa shape index (κ3) is 5.08. The maximum Gasteiger partial charge on any atom is 0.416 e. The number of hydrogen-bond donors (Lipinski definition) is 1. The second kappa shape index (κ2) is 9.48. The van der Waals surface area contributed by atoms with Gasteiger partial charge in [0, 0.05) is 32.6 Å². The van der Waals surface area contributed by atoms with E-state index in [1.54, 1.807) is 17.0 Å². The Hall–Kier alpha value is -3.36. The number of alkyl halides is 3. The topological polar surface area (TPSA) is 69.7 Å². The van der Waals surface area contributed by atoms with Crippen LogP contribution in [0.1, 0.15) is 46.3 Å². The van der Waals surface area contributed by atoms with Gasteiger partial charge < -0.3 is 15.1 Å². The Morgan fingerprint density at radius 2 is 1.79 bits per heavy atom. The van der Waals surface area contributed by atoms with Gasteiger partial charge in [-0.15, -0.1) is 0 Å². The molecule has 4 rings (SSSR count). The lowest BCUT2D eigenvalue weighted by Crippen LogP contribution is -2.31. The second-order valence-electron chi connectivity index (χ2n) is 8.86. The summed E-state index contributed by atoms with van der Waals surface area (Å²) in [5.74, 6) is -1.47. The molecule has 3 amide bonds. The SMILES string of the molecule is Cc1cccc(NC(=O)C2CC(=O)N(Cc3cccc(C(F)(F)F)c3)C2)c1C(=O)N1CCCC1. The lowest BCUT2D eigenvalue weighted by atomic mass is 10.0. The first-order valence-corrected chi connectivity index (χ1v) is 11.3.